The van der Waals surface area contributed by atoms with Gasteiger partial charge in [-0.15, -0.1) is 0 Å². The molecule has 2 N–H and O–H groups in total. The SMILES string of the molecule is COC(=O)CNC(=O)c1cccc(NC(=O)c2cnn(-c3cccc(C(F)(F)F)c3)c2C2CC2)c1. The molecule has 1 fully saturated rings. The number of benzene rings is 2. The number of esters is 1. The summed E-state index contributed by atoms with van der Waals surface area (Å²) in [7, 11) is 1.20. The maximum atomic E-state index is 13.2. The second kappa shape index (κ2) is 9.61. The molecule has 1 aromatic heterocycles. The van der Waals surface area contributed by atoms with Gasteiger partial charge in [0, 0.05) is 17.2 Å². The van der Waals surface area contributed by atoms with Crippen LogP contribution in [0.25, 0.3) is 5.69 Å². The lowest BCUT2D eigenvalue weighted by Crippen LogP contribution is -2.30. The molecule has 11 heteroatoms. The van der Waals surface area contributed by atoms with Crippen LogP contribution in [-0.4, -0.2) is 41.2 Å². The van der Waals surface area contributed by atoms with E-state index < -0.39 is 29.5 Å². The molecule has 3 aromatic rings. The summed E-state index contributed by atoms with van der Waals surface area (Å²) in [6.45, 7) is -0.300. The summed E-state index contributed by atoms with van der Waals surface area (Å²) in [5, 5.41) is 9.33. The molecule has 8 nitrogen and oxygen atoms in total. The van der Waals surface area contributed by atoms with E-state index >= 15 is 0 Å². The minimum absolute atomic E-state index is 0.00299. The minimum atomic E-state index is -4.50. The highest BCUT2D eigenvalue weighted by Crippen LogP contribution is 2.43. The van der Waals surface area contributed by atoms with Crippen molar-refractivity contribution >= 4 is 23.5 Å². The Hall–Kier alpha value is -4.15. The van der Waals surface area contributed by atoms with Crippen LogP contribution in [0.2, 0.25) is 0 Å². The van der Waals surface area contributed by atoms with E-state index in [1.807, 2.05) is 0 Å². The summed E-state index contributed by atoms with van der Waals surface area (Å²) < 4.78 is 45.4. The van der Waals surface area contributed by atoms with E-state index in [0.717, 1.165) is 25.0 Å². The Balaban J connectivity index is 1.56. The fourth-order valence-corrected chi connectivity index (χ4v) is 3.57. The number of ether oxygens (including phenoxy) is 1. The van der Waals surface area contributed by atoms with Crippen LogP contribution < -0.4 is 10.6 Å². The van der Waals surface area contributed by atoms with E-state index in [1.54, 1.807) is 12.1 Å². The third-order valence-corrected chi connectivity index (χ3v) is 5.44. The summed E-state index contributed by atoms with van der Waals surface area (Å²) >= 11 is 0. The van der Waals surface area contributed by atoms with Crippen molar-refractivity contribution in [1.29, 1.82) is 0 Å². The van der Waals surface area contributed by atoms with Crippen LogP contribution in [0, 0.1) is 0 Å². The topological polar surface area (TPSA) is 102 Å². The number of nitrogens with zero attached hydrogens (tertiary/aromatic N) is 2. The second-order valence-electron chi connectivity index (χ2n) is 7.97. The van der Waals surface area contributed by atoms with Gasteiger partial charge in [0.05, 0.1) is 35.8 Å². The molecule has 35 heavy (non-hydrogen) atoms. The van der Waals surface area contributed by atoms with Crippen molar-refractivity contribution in [3.8, 4) is 5.69 Å². The first kappa shape index (κ1) is 24.0. The summed E-state index contributed by atoms with van der Waals surface area (Å²) in [6.07, 6.45) is -1.59. The van der Waals surface area contributed by atoms with Crippen molar-refractivity contribution in [2.45, 2.75) is 24.9 Å². The van der Waals surface area contributed by atoms with E-state index in [4.69, 9.17) is 0 Å². The van der Waals surface area contributed by atoms with Gasteiger partial charge in [-0.3, -0.25) is 14.4 Å². The number of nitrogens with one attached hydrogen (secondary N) is 2. The third-order valence-electron chi connectivity index (χ3n) is 5.44. The van der Waals surface area contributed by atoms with E-state index in [0.29, 0.717) is 11.4 Å². The van der Waals surface area contributed by atoms with E-state index in [2.05, 4.69) is 20.5 Å². The first-order valence-corrected chi connectivity index (χ1v) is 10.7. The zero-order valence-electron chi connectivity index (χ0n) is 18.6. The Morgan fingerprint density at radius 2 is 1.83 bits per heavy atom. The number of rotatable bonds is 7. The molecule has 2 amide bonds. The number of amides is 2. The number of hydrogen-bond acceptors (Lipinski definition) is 5. The number of hydrogen-bond donors (Lipinski definition) is 2. The number of alkyl halides is 3. The molecule has 1 heterocycles. The number of carbonyl (C=O) groups is 3. The highest BCUT2D eigenvalue weighted by molar-refractivity contribution is 6.06. The average molecular weight is 486 g/mol. The Morgan fingerprint density at radius 3 is 2.51 bits per heavy atom. The zero-order chi connectivity index (χ0) is 25.2. The molecule has 1 aliphatic carbocycles. The summed E-state index contributed by atoms with van der Waals surface area (Å²) in [6, 6.07) is 10.9. The molecule has 2 aromatic carbocycles. The van der Waals surface area contributed by atoms with Crippen LogP contribution in [-0.2, 0) is 15.7 Å². The number of methoxy groups -OCH3 is 1. The van der Waals surface area contributed by atoms with Crippen LogP contribution in [0.5, 0.6) is 0 Å². The van der Waals surface area contributed by atoms with Crippen LogP contribution >= 0.6 is 0 Å². The molecule has 0 aliphatic heterocycles. The molecule has 0 saturated heterocycles. The fraction of sp³-hybridized carbons (Fsp3) is 0.250. The summed E-state index contributed by atoms with van der Waals surface area (Å²) in [5.41, 5.74) is 0.730. The Labute approximate surface area is 198 Å². The number of anilines is 1. The monoisotopic (exact) mass is 486 g/mol. The minimum Gasteiger partial charge on any atom is -0.468 e. The Bertz CT molecular complexity index is 1280. The molecule has 1 saturated carbocycles. The number of carbonyl (C=O) groups excluding carboxylic acids is 3. The highest BCUT2D eigenvalue weighted by atomic mass is 19.4. The van der Waals surface area contributed by atoms with Gasteiger partial charge < -0.3 is 15.4 Å². The first-order chi connectivity index (χ1) is 16.7. The van der Waals surface area contributed by atoms with E-state index in [1.165, 1.54) is 42.3 Å². The van der Waals surface area contributed by atoms with E-state index in [9.17, 15) is 27.6 Å². The lowest BCUT2D eigenvalue weighted by atomic mass is 10.1. The molecule has 0 unspecified atom stereocenters. The van der Waals surface area contributed by atoms with Gasteiger partial charge in [0.2, 0.25) is 0 Å². The van der Waals surface area contributed by atoms with Gasteiger partial charge in [0.25, 0.3) is 11.8 Å². The lowest BCUT2D eigenvalue weighted by Gasteiger charge is -2.12. The van der Waals surface area contributed by atoms with Crippen molar-refractivity contribution in [3.05, 3.63) is 77.1 Å². The second-order valence-corrected chi connectivity index (χ2v) is 7.97. The number of halogens is 3. The normalized spacial score (nSPS) is 13.3. The molecule has 4 rings (SSSR count). The van der Waals surface area contributed by atoms with Gasteiger partial charge in [-0.05, 0) is 49.2 Å². The first-order valence-electron chi connectivity index (χ1n) is 10.7. The van der Waals surface area contributed by atoms with Gasteiger partial charge >= 0.3 is 12.1 Å². The van der Waals surface area contributed by atoms with Gasteiger partial charge in [-0.25, -0.2) is 4.68 Å². The predicted molar refractivity (Wildman–Crippen MR) is 119 cm³/mol. The van der Waals surface area contributed by atoms with Gasteiger partial charge in [0.1, 0.15) is 6.54 Å². The molecular weight excluding hydrogens is 465 g/mol. The van der Waals surface area contributed by atoms with Crippen molar-refractivity contribution in [2.24, 2.45) is 0 Å². The molecule has 0 atom stereocenters. The predicted octanol–water partition coefficient (Wildman–Crippen LogP) is 3.92. The van der Waals surface area contributed by atoms with Crippen LogP contribution in [0.3, 0.4) is 0 Å². The van der Waals surface area contributed by atoms with Gasteiger partial charge in [0.15, 0.2) is 0 Å². The zero-order valence-corrected chi connectivity index (χ0v) is 18.6. The number of aromatic nitrogens is 2. The standard InChI is InChI=1S/C24H21F3N4O4/c1-35-20(32)13-28-22(33)15-4-2-6-17(10-15)30-23(34)19-12-29-31(21(19)14-8-9-14)18-7-3-5-16(11-18)24(25,26)27/h2-7,10-12,14H,8-9,13H2,1H3,(H,28,33)(H,30,34). The maximum Gasteiger partial charge on any atom is 0.416 e. The van der Waals surface area contributed by atoms with Crippen LogP contribution in [0.15, 0.2) is 54.7 Å². The van der Waals surface area contributed by atoms with Crippen molar-refractivity contribution in [2.75, 3.05) is 19.0 Å². The maximum absolute atomic E-state index is 13.2. The van der Waals surface area contributed by atoms with Crippen molar-refractivity contribution < 1.29 is 32.3 Å². The Kier molecular flexibility index (Phi) is 6.59. The lowest BCUT2D eigenvalue weighted by molar-refractivity contribution is -0.139. The third kappa shape index (κ3) is 5.51. The quantitative estimate of drug-likeness (QED) is 0.493. The fourth-order valence-electron chi connectivity index (χ4n) is 3.57. The van der Waals surface area contributed by atoms with Crippen molar-refractivity contribution in [3.63, 3.8) is 0 Å². The Morgan fingerprint density at radius 1 is 1.09 bits per heavy atom. The average Bonchev–Trinajstić information content (AvgIpc) is 3.59. The summed E-state index contributed by atoms with van der Waals surface area (Å²) in [5.74, 6) is -1.63. The van der Waals surface area contributed by atoms with Crippen molar-refractivity contribution in [1.82, 2.24) is 15.1 Å². The van der Waals surface area contributed by atoms with Gasteiger partial charge in [-0.2, -0.15) is 18.3 Å². The molecule has 1 aliphatic rings. The molecular formula is C24H21F3N4O4. The van der Waals surface area contributed by atoms with Crippen LogP contribution in [0.1, 0.15) is 50.7 Å². The molecule has 0 radical (unpaired) electrons. The van der Waals surface area contributed by atoms with E-state index in [-0.39, 0.29) is 29.3 Å². The molecule has 0 spiro atoms. The summed E-state index contributed by atoms with van der Waals surface area (Å²) in [4.78, 5) is 36.5. The van der Waals surface area contributed by atoms with Gasteiger partial charge in [-0.1, -0.05) is 12.1 Å². The molecule has 0 bridgehead atoms. The smallest absolute Gasteiger partial charge is 0.416 e. The van der Waals surface area contributed by atoms with Crippen LogP contribution in [0.4, 0.5) is 18.9 Å². The highest BCUT2D eigenvalue weighted by Gasteiger charge is 2.34. The molecule has 182 valence electrons. The largest absolute Gasteiger partial charge is 0.468 e.